The quantitative estimate of drug-likeness (QED) is 0.405. The molecule has 158 valence electrons. The number of imide groups is 1. The molecule has 0 radical (unpaired) electrons. The Labute approximate surface area is 178 Å². The second-order valence-electron chi connectivity index (χ2n) is 7.16. The third-order valence-electron chi connectivity index (χ3n) is 5.32. The normalized spacial score (nSPS) is 12.8. The molecule has 11 nitrogen and oxygen atoms in total. The van der Waals surface area contributed by atoms with Crippen LogP contribution in [0, 0.1) is 0 Å². The summed E-state index contributed by atoms with van der Waals surface area (Å²) in [7, 11) is 1.61. The van der Waals surface area contributed by atoms with Crippen LogP contribution in [-0.2, 0) is 7.05 Å². The molecule has 4 aromatic rings. The van der Waals surface area contributed by atoms with E-state index < -0.39 is 23.3 Å². The highest BCUT2D eigenvalue weighted by molar-refractivity contribution is 6.23. The van der Waals surface area contributed by atoms with Crippen molar-refractivity contribution in [2.24, 2.45) is 7.05 Å². The van der Waals surface area contributed by atoms with Crippen molar-refractivity contribution in [2.75, 3.05) is 5.73 Å². The summed E-state index contributed by atoms with van der Waals surface area (Å²) in [5, 5.41) is 16.1. The van der Waals surface area contributed by atoms with Crippen molar-refractivity contribution in [2.45, 2.75) is 0 Å². The number of amides is 2. The van der Waals surface area contributed by atoms with E-state index in [9.17, 15) is 24.3 Å². The van der Waals surface area contributed by atoms with Gasteiger partial charge in [-0.15, -0.1) is 0 Å². The molecule has 1 aliphatic rings. The van der Waals surface area contributed by atoms with Crippen molar-refractivity contribution < 1.29 is 19.5 Å². The van der Waals surface area contributed by atoms with Gasteiger partial charge in [0.05, 0.1) is 22.2 Å². The average molecular weight is 430 g/mol. The van der Waals surface area contributed by atoms with Crippen LogP contribution in [0.15, 0.2) is 47.4 Å². The predicted molar refractivity (Wildman–Crippen MR) is 113 cm³/mol. The van der Waals surface area contributed by atoms with Crippen LogP contribution in [0.4, 0.5) is 5.82 Å². The van der Waals surface area contributed by atoms with Crippen LogP contribution < -0.4 is 16.6 Å². The number of aromatic nitrogens is 4. The van der Waals surface area contributed by atoms with Crippen LogP contribution in [0.25, 0.3) is 27.8 Å². The van der Waals surface area contributed by atoms with E-state index in [-0.39, 0.29) is 22.6 Å². The highest BCUT2D eigenvalue weighted by atomic mass is 16.4. The number of aryl methyl sites for hydroxylation is 1. The number of hydrogen-bond acceptors (Lipinski definition) is 7. The fourth-order valence-corrected chi connectivity index (χ4v) is 3.90. The minimum atomic E-state index is -1.17. The van der Waals surface area contributed by atoms with Gasteiger partial charge < -0.3 is 10.8 Å². The molecule has 11 heteroatoms. The number of fused-ring (bicyclic) bond motifs is 2. The Bertz CT molecular complexity index is 1550. The van der Waals surface area contributed by atoms with Gasteiger partial charge in [0.15, 0.2) is 11.3 Å². The third-order valence-corrected chi connectivity index (χ3v) is 5.32. The van der Waals surface area contributed by atoms with E-state index in [1.54, 1.807) is 43.6 Å². The topological polar surface area (TPSA) is 162 Å². The highest BCUT2D eigenvalue weighted by Gasteiger charge is 2.31. The lowest BCUT2D eigenvalue weighted by molar-refractivity contribution is 0.0690. The second kappa shape index (κ2) is 6.60. The molecule has 0 saturated carbocycles. The maximum Gasteiger partial charge on any atom is 0.357 e. The van der Waals surface area contributed by atoms with E-state index in [2.05, 4.69) is 15.4 Å². The van der Waals surface area contributed by atoms with E-state index in [1.807, 2.05) is 0 Å². The molecule has 0 bridgehead atoms. The minimum Gasteiger partial charge on any atom is -0.476 e. The number of rotatable bonds is 3. The summed E-state index contributed by atoms with van der Waals surface area (Å²) >= 11 is 0. The van der Waals surface area contributed by atoms with Crippen LogP contribution in [0.1, 0.15) is 31.2 Å². The van der Waals surface area contributed by atoms with Crippen LogP contribution in [0.5, 0.6) is 0 Å². The lowest BCUT2D eigenvalue weighted by atomic mass is 10.0. The van der Waals surface area contributed by atoms with Crippen molar-refractivity contribution in [3.8, 4) is 16.8 Å². The lowest BCUT2D eigenvalue weighted by Crippen LogP contribution is -2.24. The predicted octanol–water partition coefficient (Wildman–Crippen LogP) is 0.950. The number of carbonyl (C=O) groups excluding carboxylic acids is 2. The monoisotopic (exact) mass is 430 g/mol. The Morgan fingerprint density at radius 1 is 1.06 bits per heavy atom. The van der Waals surface area contributed by atoms with Gasteiger partial charge in [0.25, 0.3) is 17.4 Å². The fourth-order valence-electron chi connectivity index (χ4n) is 3.90. The molecule has 4 N–H and O–H groups in total. The number of nitrogen functional groups attached to an aromatic ring is 1. The first-order valence-corrected chi connectivity index (χ1v) is 9.35. The van der Waals surface area contributed by atoms with Crippen molar-refractivity contribution in [1.82, 2.24) is 24.6 Å². The second-order valence-corrected chi connectivity index (χ2v) is 7.16. The number of nitrogens with one attached hydrogen (secondary N) is 1. The molecule has 1 aliphatic heterocycles. The molecule has 0 aliphatic carbocycles. The van der Waals surface area contributed by atoms with Crippen LogP contribution in [0.3, 0.4) is 0 Å². The van der Waals surface area contributed by atoms with E-state index in [4.69, 9.17) is 5.73 Å². The molecule has 0 saturated heterocycles. The lowest BCUT2D eigenvalue weighted by Gasteiger charge is -2.12. The van der Waals surface area contributed by atoms with Crippen molar-refractivity contribution in [3.63, 3.8) is 0 Å². The SMILES string of the molecule is Cn1nc(C(=O)O)c2c(-c3ccc(-n4c(N)c5c(cc4=O)C(=O)NC5=O)cc3)ccnc21. The number of nitrogens with zero attached hydrogens (tertiary/aromatic N) is 4. The van der Waals surface area contributed by atoms with Gasteiger partial charge in [-0.05, 0) is 29.3 Å². The molecule has 1 aromatic carbocycles. The van der Waals surface area contributed by atoms with Gasteiger partial charge in [0.1, 0.15) is 5.82 Å². The maximum atomic E-state index is 12.6. The molecule has 2 amide bonds. The summed E-state index contributed by atoms with van der Waals surface area (Å²) in [4.78, 5) is 52.4. The standard InChI is InChI=1S/C21H14N6O5/c1-26-18-14(16(25-26)21(31)32)11(6-7-23-18)9-2-4-10(5-3-9)27-13(28)8-12-15(17(27)22)20(30)24-19(12)29/h2-8H,22H2,1H3,(H,31,32)(H,24,29,30). The number of benzene rings is 1. The Morgan fingerprint density at radius 3 is 2.47 bits per heavy atom. The number of hydrogen-bond donors (Lipinski definition) is 3. The third kappa shape index (κ3) is 2.61. The molecule has 4 heterocycles. The smallest absolute Gasteiger partial charge is 0.357 e. The first-order valence-electron chi connectivity index (χ1n) is 9.35. The molecular formula is C21H14N6O5. The first-order chi connectivity index (χ1) is 15.3. The number of aromatic carboxylic acids is 1. The molecule has 3 aromatic heterocycles. The molecule has 0 unspecified atom stereocenters. The van der Waals surface area contributed by atoms with Crippen molar-refractivity contribution >= 4 is 34.6 Å². The van der Waals surface area contributed by atoms with Gasteiger partial charge in [-0.2, -0.15) is 5.10 Å². The molecule has 0 fully saturated rings. The van der Waals surface area contributed by atoms with Gasteiger partial charge in [0.2, 0.25) is 0 Å². The van der Waals surface area contributed by atoms with E-state index in [0.717, 1.165) is 10.6 Å². The van der Waals surface area contributed by atoms with Gasteiger partial charge in [0, 0.05) is 19.3 Å². The summed E-state index contributed by atoms with van der Waals surface area (Å²) in [6.07, 6.45) is 1.55. The van der Waals surface area contributed by atoms with E-state index >= 15 is 0 Å². The summed E-state index contributed by atoms with van der Waals surface area (Å²) < 4.78 is 2.53. The number of anilines is 1. The van der Waals surface area contributed by atoms with Crippen molar-refractivity contribution in [3.05, 3.63) is 69.8 Å². The summed E-state index contributed by atoms with van der Waals surface area (Å²) in [5.41, 5.74) is 7.34. The largest absolute Gasteiger partial charge is 0.476 e. The number of nitrogens with two attached hydrogens (primary N) is 1. The van der Waals surface area contributed by atoms with Gasteiger partial charge >= 0.3 is 5.97 Å². The Morgan fingerprint density at radius 2 is 1.78 bits per heavy atom. The maximum absolute atomic E-state index is 12.6. The Hall–Kier alpha value is -4.80. The van der Waals surface area contributed by atoms with E-state index in [1.165, 1.54) is 4.68 Å². The number of pyridine rings is 2. The van der Waals surface area contributed by atoms with Crippen LogP contribution in [-0.4, -0.2) is 42.2 Å². The number of carboxylic acid groups (broad SMARTS) is 1. The molecule has 5 rings (SSSR count). The zero-order chi connectivity index (χ0) is 22.7. The van der Waals surface area contributed by atoms with Gasteiger partial charge in [-0.3, -0.25) is 24.3 Å². The zero-order valence-corrected chi connectivity index (χ0v) is 16.5. The van der Waals surface area contributed by atoms with Crippen molar-refractivity contribution in [1.29, 1.82) is 0 Å². The molecule has 0 atom stereocenters. The summed E-state index contributed by atoms with van der Waals surface area (Å²) in [6, 6.07) is 9.34. The summed E-state index contributed by atoms with van der Waals surface area (Å²) in [5.74, 6) is -2.64. The average Bonchev–Trinajstić information content (AvgIpc) is 3.25. The number of carbonyl (C=O) groups is 3. The summed E-state index contributed by atoms with van der Waals surface area (Å²) in [6.45, 7) is 0. The Balaban J connectivity index is 1.66. The fraction of sp³-hybridized carbons (Fsp3) is 0.0476. The molecular weight excluding hydrogens is 416 g/mol. The molecule has 0 spiro atoms. The minimum absolute atomic E-state index is 0.0454. The van der Waals surface area contributed by atoms with E-state index in [0.29, 0.717) is 27.8 Å². The number of carboxylic acids is 1. The zero-order valence-electron chi connectivity index (χ0n) is 16.5. The highest BCUT2D eigenvalue weighted by Crippen LogP contribution is 2.31. The van der Waals surface area contributed by atoms with Crippen LogP contribution in [0.2, 0.25) is 0 Å². The van der Waals surface area contributed by atoms with Crippen LogP contribution >= 0.6 is 0 Å². The first kappa shape index (κ1) is 19.2. The van der Waals surface area contributed by atoms with Gasteiger partial charge in [-0.1, -0.05) is 12.1 Å². The van der Waals surface area contributed by atoms with Gasteiger partial charge in [-0.25, -0.2) is 14.5 Å². The Kier molecular flexibility index (Phi) is 3.96. The molecule has 32 heavy (non-hydrogen) atoms.